The average molecular weight is 235 g/mol. The van der Waals surface area contributed by atoms with Crippen molar-refractivity contribution >= 4 is 23.6 Å². The van der Waals surface area contributed by atoms with Crippen LogP contribution in [-0.2, 0) is 13.0 Å². The van der Waals surface area contributed by atoms with Crippen LogP contribution >= 0.6 is 23.6 Å². The first-order valence-electron chi connectivity index (χ1n) is 4.96. The van der Waals surface area contributed by atoms with Crippen molar-refractivity contribution < 1.29 is 0 Å². The molecular formula is C12H13NS2. The van der Waals surface area contributed by atoms with Crippen molar-refractivity contribution in [2.24, 2.45) is 0 Å². The van der Waals surface area contributed by atoms with Gasteiger partial charge in [-0.15, -0.1) is 11.3 Å². The molecule has 0 bridgehead atoms. The van der Waals surface area contributed by atoms with Crippen molar-refractivity contribution in [1.29, 1.82) is 0 Å². The molecule has 0 atom stereocenters. The predicted molar refractivity (Wildman–Crippen MR) is 68.0 cm³/mol. The second-order valence-corrected chi connectivity index (χ2v) is 5.03. The number of hydrogen-bond donors (Lipinski definition) is 0. The van der Waals surface area contributed by atoms with E-state index in [1.54, 1.807) is 11.3 Å². The van der Waals surface area contributed by atoms with Crippen molar-refractivity contribution in [2.45, 2.75) is 19.9 Å². The summed E-state index contributed by atoms with van der Waals surface area (Å²) in [5.74, 6) is 0. The Labute approximate surface area is 99.0 Å². The highest BCUT2D eigenvalue weighted by molar-refractivity contribution is 7.73. The van der Waals surface area contributed by atoms with Crippen LogP contribution in [0.3, 0.4) is 0 Å². The van der Waals surface area contributed by atoms with Crippen molar-refractivity contribution in [2.75, 3.05) is 0 Å². The van der Waals surface area contributed by atoms with Gasteiger partial charge in [-0.05, 0) is 31.1 Å². The molecule has 0 spiro atoms. The van der Waals surface area contributed by atoms with Gasteiger partial charge in [0.25, 0.3) is 0 Å². The molecule has 1 aromatic carbocycles. The predicted octanol–water partition coefficient (Wildman–Crippen LogP) is 3.83. The molecular weight excluding hydrogens is 222 g/mol. The van der Waals surface area contributed by atoms with E-state index in [1.807, 2.05) is 6.07 Å². The fourth-order valence-electron chi connectivity index (χ4n) is 1.56. The third-order valence-electron chi connectivity index (χ3n) is 2.44. The zero-order valence-corrected chi connectivity index (χ0v) is 10.3. The number of aryl methyl sites for hydroxylation is 2. The summed E-state index contributed by atoms with van der Waals surface area (Å²) in [6.45, 7) is 3.09. The van der Waals surface area contributed by atoms with E-state index < -0.39 is 0 Å². The first-order valence-corrected chi connectivity index (χ1v) is 6.25. The van der Waals surface area contributed by atoms with Crippen LogP contribution in [0.1, 0.15) is 11.3 Å². The number of aromatic nitrogens is 1. The van der Waals surface area contributed by atoms with Gasteiger partial charge in [0, 0.05) is 17.6 Å². The Hall–Kier alpha value is -0.930. The second-order valence-electron chi connectivity index (χ2n) is 3.53. The fraction of sp³-hybridized carbons (Fsp3) is 0.250. The lowest BCUT2D eigenvalue weighted by molar-refractivity contribution is 0.677. The van der Waals surface area contributed by atoms with Crippen LogP contribution in [0.15, 0.2) is 35.7 Å². The van der Waals surface area contributed by atoms with Crippen LogP contribution in [0, 0.1) is 10.9 Å². The molecule has 2 aromatic rings. The number of rotatable bonds is 3. The molecule has 0 radical (unpaired) electrons. The van der Waals surface area contributed by atoms with Gasteiger partial charge >= 0.3 is 0 Å². The van der Waals surface area contributed by atoms with Crippen molar-refractivity contribution in [3.05, 3.63) is 50.9 Å². The van der Waals surface area contributed by atoms with E-state index in [0.29, 0.717) is 0 Å². The van der Waals surface area contributed by atoms with Gasteiger partial charge in [0.1, 0.15) is 0 Å². The quantitative estimate of drug-likeness (QED) is 0.732. The Bertz CT molecular complexity index is 482. The number of benzene rings is 1. The average Bonchev–Trinajstić information content (AvgIpc) is 2.58. The molecule has 1 aromatic heterocycles. The third kappa shape index (κ3) is 2.55. The number of thiazole rings is 1. The Morgan fingerprint density at radius 1 is 1.27 bits per heavy atom. The van der Waals surface area contributed by atoms with E-state index in [4.69, 9.17) is 12.2 Å². The largest absolute Gasteiger partial charge is 0.327 e. The summed E-state index contributed by atoms with van der Waals surface area (Å²) in [7, 11) is 0. The molecule has 3 heteroatoms. The molecule has 0 fully saturated rings. The fourth-order valence-corrected chi connectivity index (χ4v) is 2.70. The highest BCUT2D eigenvalue weighted by Gasteiger charge is 1.99. The van der Waals surface area contributed by atoms with Crippen molar-refractivity contribution in [3.8, 4) is 0 Å². The minimum atomic E-state index is 0.975. The molecule has 2 rings (SSSR count). The number of nitrogens with zero attached hydrogens (tertiary/aromatic N) is 1. The Kier molecular flexibility index (Phi) is 3.34. The third-order valence-corrected chi connectivity index (χ3v) is 3.83. The van der Waals surface area contributed by atoms with Gasteiger partial charge in [0.2, 0.25) is 0 Å². The van der Waals surface area contributed by atoms with Crippen LogP contribution in [0.25, 0.3) is 0 Å². The van der Waals surface area contributed by atoms with Crippen molar-refractivity contribution in [1.82, 2.24) is 4.57 Å². The standard InChI is InChI=1S/C12H13NS2/c1-10-9-15-12(14)13(10)8-7-11-5-3-2-4-6-11/h2-6,9H,7-8H2,1H3. The molecule has 0 N–H and O–H groups in total. The van der Waals surface area contributed by atoms with E-state index in [1.165, 1.54) is 11.3 Å². The maximum absolute atomic E-state index is 5.27. The Balaban J connectivity index is 2.09. The summed E-state index contributed by atoms with van der Waals surface area (Å²) in [6, 6.07) is 10.5. The monoisotopic (exact) mass is 235 g/mol. The first kappa shape index (κ1) is 10.6. The molecule has 0 aliphatic heterocycles. The van der Waals surface area contributed by atoms with Gasteiger partial charge in [-0.2, -0.15) is 0 Å². The van der Waals surface area contributed by atoms with Gasteiger partial charge in [0.15, 0.2) is 3.95 Å². The lowest BCUT2D eigenvalue weighted by atomic mass is 10.1. The molecule has 78 valence electrons. The lowest BCUT2D eigenvalue weighted by Gasteiger charge is -2.05. The highest BCUT2D eigenvalue weighted by atomic mass is 32.1. The molecule has 0 saturated carbocycles. The van der Waals surface area contributed by atoms with Gasteiger partial charge < -0.3 is 4.57 Å². The zero-order valence-electron chi connectivity index (χ0n) is 8.64. The van der Waals surface area contributed by atoms with Crippen LogP contribution in [-0.4, -0.2) is 4.57 Å². The SMILES string of the molecule is Cc1csc(=S)n1CCc1ccccc1. The molecule has 0 aliphatic rings. The highest BCUT2D eigenvalue weighted by Crippen LogP contribution is 2.11. The van der Waals surface area contributed by atoms with Crippen molar-refractivity contribution in [3.63, 3.8) is 0 Å². The molecule has 0 aliphatic carbocycles. The molecule has 15 heavy (non-hydrogen) atoms. The van der Waals surface area contributed by atoms with E-state index >= 15 is 0 Å². The van der Waals surface area contributed by atoms with Gasteiger partial charge in [-0.1, -0.05) is 30.3 Å². The Morgan fingerprint density at radius 3 is 2.60 bits per heavy atom. The smallest absolute Gasteiger partial charge is 0.161 e. The van der Waals surface area contributed by atoms with E-state index in [9.17, 15) is 0 Å². The van der Waals surface area contributed by atoms with Crippen LogP contribution < -0.4 is 0 Å². The van der Waals surface area contributed by atoms with E-state index in [2.05, 4.69) is 41.1 Å². The Morgan fingerprint density at radius 2 is 2.00 bits per heavy atom. The molecule has 1 nitrogen and oxygen atoms in total. The minimum Gasteiger partial charge on any atom is -0.327 e. The van der Waals surface area contributed by atoms with Gasteiger partial charge in [0.05, 0.1) is 0 Å². The maximum Gasteiger partial charge on any atom is 0.161 e. The van der Waals surface area contributed by atoms with Gasteiger partial charge in [-0.25, -0.2) is 0 Å². The zero-order chi connectivity index (χ0) is 10.7. The lowest BCUT2D eigenvalue weighted by Crippen LogP contribution is -2.02. The summed E-state index contributed by atoms with van der Waals surface area (Å²) < 4.78 is 3.18. The topological polar surface area (TPSA) is 4.93 Å². The second kappa shape index (κ2) is 4.73. The molecule has 0 amide bonds. The van der Waals surface area contributed by atoms with Crippen LogP contribution in [0.2, 0.25) is 0 Å². The molecule has 0 unspecified atom stereocenters. The maximum atomic E-state index is 5.27. The first-order chi connectivity index (χ1) is 7.27. The minimum absolute atomic E-state index is 0.975. The van der Waals surface area contributed by atoms with Crippen LogP contribution in [0.5, 0.6) is 0 Å². The summed E-state index contributed by atoms with van der Waals surface area (Å²) in [5, 5.41) is 2.12. The normalized spacial score (nSPS) is 10.5. The van der Waals surface area contributed by atoms with E-state index in [-0.39, 0.29) is 0 Å². The van der Waals surface area contributed by atoms with E-state index in [0.717, 1.165) is 16.9 Å². The van der Waals surface area contributed by atoms with Gasteiger partial charge in [-0.3, -0.25) is 0 Å². The molecule has 0 saturated heterocycles. The summed E-state index contributed by atoms with van der Waals surface area (Å²) in [6.07, 6.45) is 1.05. The van der Waals surface area contributed by atoms with Crippen LogP contribution in [0.4, 0.5) is 0 Å². The summed E-state index contributed by atoms with van der Waals surface area (Å²) in [5.41, 5.74) is 2.63. The summed E-state index contributed by atoms with van der Waals surface area (Å²) in [4.78, 5) is 0. The summed E-state index contributed by atoms with van der Waals surface area (Å²) >= 11 is 6.91. The molecule has 1 heterocycles. The number of hydrogen-bond acceptors (Lipinski definition) is 2.